The van der Waals surface area contributed by atoms with Crippen LogP contribution < -0.4 is 10.1 Å². The number of ether oxygens (including phenoxy) is 1. The van der Waals surface area contributed by atoms with Crippen LogP contribution in [-0.4, -0.2) is 23.0 Å². The van der Waals surface area contributed by atoms with Gasteiger partial charge in [0.25, 0.3) is 5.91 Å². The minimum atomic E-state index is -0.375. The lowest BCUT2D eigenvalue weighted by molar-refractivity contribution is 0.0946. The second-order valence-corrected chi connectivity index (χ2v) is 6.57. The standard InChI is InChI=1S/C22H18FN3O3.C2H6/c1-13-7-15(4-6-19(13)28-2)21-20(26-12-29-21)22(27)25-9-14-3-5-17-16(8-14)10-24-11-18(17)23;1-2/h3-8,10-12H,9H2,1-2H3,(H,25,27);1-2H3. The van der Waals surface area contributed by atoms with E-state index >= 15 is 0 Å². The van der Waals surface area contributed by atoms with Crippen molar-refractivity contribution in [2.75, 3.05) is 7.11 Å². The Balaban J connectivity index is 0.00000132. The number of methoxy groups -OCH3 is 1. The number of carbonyl (C=O) groups is 1. The molecule has 6 nitrogen and oxygen atoms in total. The molecule has 0 unspecified atom stereocenters. The van der Waals surface area contributed by atoms with E-state index in [2.05, 4.69) is 15.3 Å². The van der Waals surface area contributed by atoms with Gasteiger partial charge in [0.2, 0.25) is 0 Å². The number of hydrogen-bond donors (Lipinski definition) is 1. The minimum Gasteiger partial charge on any atom is -0.496 e. The molecule has 2 aromatic heterocycles. The smallest absolute Gasteiger partial charge is 0.274 e. The van der Waals surface area contributed by atoms with Crippen LogP contribution in [0.3, 0.4) is 0 Å². The van der Waals surface area contributed by atoms with Gasteiger partial charge in [-0.1, -0.05) is 26.0 Å². The molecule has 0 bridgehead atoms. The number of rotatable bonds is 5. The van der Waals surface area contributed by atoms with Gasteiger partial charge < -0.3 is 14.5 Å². The number of benzene rings is 2. The van der Waals surface area contributed by atoms with Gasteiger partial charge in [0.05, 0.1) is 13.3 Å². The topological polar surface area (TPSA) is 77.2 Å². The van der Waals surface area contributed by atoms with Crippen LogP contribution >= 0.6 is 0 Å². The van der Waals surface area contributed by atoms with Crippen molar-refractivity contribution in [3.05, 3.63) is 77.8 Å². The van der Waals surface area contributed by atoms with E-state index in [0.29, 0.717) is 16.5 Å². The number of aromatic nitrogens is 2. The van der Waals surface area contributed by atoms with Crippen molar-refractivity contribution >= 4 is 16.7 Å². The first kappa shape index (κ1) is 22.0. The molecule has 0 aliphatic heterocycles. The fraction of sp³-hybridized carbons (Fsp3) is 0.208. The van der Waals surface area contributed by atoms with Crippen LogP contribution in [0.25, 0.3) is 22.1 Å². The molecule has 4 rings (SSSR count). The summed E-state index contributed by atoms with van der Waals surface area (Å²) in [5.41, 5.74) is 2.68. The molecule has 0 radical (unpaired) electrons. The van der Waals surface area contributed by atoms with Gasteiger partial charge in [0.1, 0.15) is 11.6 Å². The Bertz CT molecular complexity index is 1200. The number of halogens is 1. The molecule has 7 heteroatoms. The lowest BCUT2D eigenvalue weighted by atomic mass is 10.1. The number of pyridine rings is 1. The number of amides is 1. The van der Waals surface area contributed by atoms with E-state index in [1.165, 1.54) is 12.6 Å². The van der Waals surface area contributed by atoms with Crippen LogP contribution in [0.15, 0.2) is 59.6 Å². The van der Waals surface area contributed by atoms with Gasteiger partial charge in [-0.2, -0.15) is 0 Å². The highest BCUT2D eigenvalue weighted by molar-refractivity contribution is 5.97. The van der Waals surface area contributed by atoms with Crippen LogP contribution in [0.2, 0.25) is 0 Å². The zero-order valence-corrected chi connectivity index (χ0v) is 17.9. The van der Waals surface area contributed by atoms with Crippen LogP contribution in [0.4, 0.5) is 4.39 Å². The lowest BCUT2D eigenvalue weighted by Crippen LogP contribution is -2.23. The normalized spacial score (nSPS) is 10.4. The molecular weight excluding hydrogens is 397 g/mol. The van der Waals surface area contributed by atoms with E-state index in [-0.39, 0.29) is 24.0 Å². The fourth-order valence-electron chi connectivity index (χ4n) is 3.20. The van der Waals surface area contributed by atoms with E-state index in [1.54, 1.807) is 31.5 Å². The SMILES string of the molecule is CC.COc1ccc(-c2ocnc2C(=O)NCc2ccc3c(F)cncc3c2)cc1C. The number of nitrogens with one attached hydrogen (secondary N) is 1. The van der Waals surface area contributed by atoms with Crippen molar-refractivity contribution in [2.45, 2.75) is 27.3 Å². The van der Waals surface area contributed by atoms with Gasteiger partial charge >= 0.3 is 0 Å². The van der Waals surface area contributed by atoms with Crippen molar-refractivity contribution in [3.63, 3.8) is 0 Å². The number of nitrogens with zero attached hydrogens (tertiary/aromatic N) is 2. The summed E-state index contributed by atoms with van der Waals surface area (Å²) in [4.78, 5) is 20.6. The van der Waals surface area contributed by atoms with Gasteiger partial charge in [-0.05, 0) is 42.3 Å². The largest absolute Gasteiger partial charge is 0.496 e. The van der Waals surface area contributed by atoms with E-state index in [0.717, 1.165) is 22.4 Å². The Kier molecular flexibility index (Phi) is 6.97. The quantitative estimate of drug-likeness (QED) is 0.473. The van der Waals surface area contributed by atoms with E-state index in [1.807, 2.05) is 39.0 Å². The van der Waals surface area contributed by atoms with Crippen molar-refractivity contribution in [1.82, 2.24) is 15.3 Å². The summed E-state index contributed by atoms with van der Waals surface area (Å²) >= 11 is 0. The maximum Gasteiger partial charge on any atom is 0.274 e. The molecule has 1 N–H and O–H groups in total. The Morgan fingerprint density at radius 2 is 1.97 bits per heavy atom. The Hall–Kier alpha value is -3.74. The van der Waals surface area contributed by atoms with Gasteiger partial charge in [0.15, 0.2) is 17.8 Å². The van der Waals surface area contributed by atoms with Crippen molar-refractivity contribution in [3.8, 4) is 17.1 Å². The molecule has 0 spiro atoms. The maximum absolute atomic E-state index is 13.7. The van der Waals surface area contributed by atoms with E-state index in [4.69, 9.17) is 9.15 Å². The highest BCUT2D eigenvalue weighted by atomic mass is 19.1. The summed E-state index contributed by atoms with van der Waals surface area (Å²) in [5.74, 6) is 0.402. The lowest BCUT2D eigenvalue weighted by Gasteiger charge is -2.08. The third kappa shape index (κ3) is 4.71. The highest BCUT2D eigenvalue weighted by Crippen LogP contribution is 2.28. The predicted octanol–water partition coefficient (Wildman–Crippen LogP) is 5.30. The molecular formula is C24H24FN3O3. The molecule has 160 valence electrons. The summed E-state index contributed by atoms with van der Waals surface area (Å²) in [5, 5.41) is 3.99. The van der Waals surface area contributed by atoms with Gasteiger partial charge in [-0.3, -0.25) is 9.78 Å². The number of hydrogen-bond acceptors (Lipinski definition) is 5. The average molecular weight is 421 g/mol. The summed E-state index contributed by atoms with van der Waals surface area (Å²) in [6.45, 7) is 6.18. The summed E-state index contributed by atoms with van der Waals surface area (Å²) < 4.78 is 24.5. The second kappa shape index (κ2) is 9.84. The molecule has 4 aromatic rings. The van der Waals surface area contributed by atoms with Crippen LogP contribution in [0.1, 0.15) is 35.5 Å². The first-order valence-corrected chi connectivity index (χ1v) is 9.95. The molecule has 31 heavy (non-hydrogen) atoms. The number of oxazole rings is 1. The summed E-state index contributed by atoms with van der Waals surface area (Å²) in [7, 11) is 1.60. The minimum absolute atomic E-state index is 0.197. The van der Waals surface area contributed by atoms with Gasteiger partial charge in [-0.25, -0.2) is 9.37 Å². The number of carbonyl (C=O) groups excluding carboxylic acids is 1. The fourth-order valence-corrected chi connectivity index (χ4v) is 3.20. The van der Waals surface area contributed by atoms with Crippen molar-refractivity contribution in [2.24, 2.45) is 0 Å². The molecule has 2 heterocycles. The van der Waals surface area contributed by atoms with Crippen molar-refractivity contribution < 1.29 is 18.3 Å². The first-order chi connectivity index (χ1) is 15.1. The molecule has 0 aliphatic carbocycles. The number of aryl methyl sites for hydroxylation is 1. The second-order valence-electron chi connectivity index (χ2n) is 6.57. The predicted molar refractivity (Wildman–Crippen MR) is 117 cm³/mol. The highest BCUT2D eigenvalue weighted by Gasteiger charge is 2.19. The van der Waals surface area contributed by atoms with Crippen LogP contribution in [0, 0.1) is 12.7 Å². The Morgan fingerprint density at radius 3 is 2.71 bits per heavy atom. The third-order valence-corrected chi connectivity index (χ3v) is 4.67. The molecule has 0 saturated heterocycles. The maximum atomic E-state index is 13.7. The van der Waals surface area contributed by atoms with E-state index in [9.17, 15) is 9.18 Å². The van der Waals surface area contributed by atoms with Gasteiger partial charge in [0, 0.05) is 29.1 Å². The first-order valence-electron chi connectivity index (χ1n) is 9.95. The zero-order chi connectivity index (χ0) is 22.4. The Labute approximate surface area is 180 Å². The molecule has 2 aromatic carbocycles. The third-order valence-electron chi connectivity index (χ3n) is 4.67. The van der Waals surface area contributed by atoms with Crippen LogP contribution in [-0.2, 0) is 6.54 Å². The molecule has 0 aliphatic rings. The molecule has 0 atom stereocenters. The molecule has 0 saturated carbocycles. The Morgan fingerprint density at radius 1 is 1.16 bits per heavy atom. The monoisotopic (exact) mass is 421 g/mol. The van der Waals surface area contributed by atoms with Crippen LogP contribution in [0.5, 0.6) is 5.75 Å². The van der Waals surface area contributed by atoms with Crippen molar-refractivity contribution in [1.29, 1.82) is 0 Å². The molecule has 1 amide bonds. The summed E-state index contributed by atoms with van der Waals surface area (Å²) in [6, 6.07) is 10.7. The average Bonchev–Trinajstić information content (AvgIpc) is 3.29. The van der Waals surface area contributed by atoms with E-state index < -0.39 is 0 Å². The summed E-state index contributed by atoms with van der Waals surface area (Å²) in [6.07, 6.45) is 4.01. The zero-order valence-electron chi connectivity index (χ0n) is 17.9. The van der Waals surface area contributed by atoms with Gasteiger partial charge in [-0.15, -0.1) is 0 Å². The number of fused-ring (bicyclic) bond motifs is 1. The molecule has 0 fully saturated rings.